The molecule has 0 N–H and O–H groups in total. The van der Waals surface area contributed by atoms with Gasteiger partial charge in [0.1, 0.15) is 16.5 Å². The predicted octanol–water partition coefficient (Wildman–Crippen LogP) is 2.15. The summed E-state index contributed by atoms with van der Waals surface area (Å²) in [7, 11) is -7.80. The van der Waals surface area contributed by atoms with Gasteiger partial charge in [0.25, 0.3) is 0 Å². The largest absolute Gasteiger partial charge is 0.340 e. The average molecular weight is 499 g/mol. The Morgan fingerprint density at radius 3 is 2.27 bits per heavy atom. The van der Waals surface area contributed by atoms with Gasteiger partial charge < -0.3 is 4.90 Å². The Balaban J connectivity index is 1.35. The smallest absolute Gasteiger partial charge is 0.246 e. The maximum atomic E-state index is 14.0. The number of sulfonamides is 1. The third kappa shape index (κ3) is 4.95. The van der Waals surface area contributed by atoms with Gasteiger partial charge in [-0.15, -0.1) is 0 Å². The molecule has 178 valence electrons. The fraction of sp³-hybridized carbons (Fsp3) is 0.409. The Labute approximate surface area is 192 Å². The van der Waals surface area contributed by atoms with Crippen molar-refractivity contribution in [3.63, 3.8) is 0 Å². The third-order valence-corrected chi connectivity index (χ3v) is 9.76. The molecule has 1 saturated heterocycles. The first-order chi connectivity index (χ1) is 15.6. The van der Waals surface area contributed by atoms with Crippen molar-refractivity contribution in [1.82, 2.24) is 9.21 Å². The van der Waals surface area contributed by atoms with E-state index >= 15 is 0 Å². The molecule has 7 nitrogen and oxygen atoms in total. The highest BCUT2D eigenvalue weighted by Gasteiger charge is 2.32. The Morgan fingerprint density at radius 1 is 0.879 bits per heavy atom. The lowest BCUT2D eigenvalue weighted by Gasteiger charge is -2.34. The van der Waals surface area contributed by atoms with Crippen molar-refractivity contribution >= 4 is 25.8 Å². The second-order valence-electron chi connectivity index (χ2n) is 8.21. The molecule has 0 atom stereocenters. The van der Waals surface area contributed by atoms with Crippen LogP contribution in [0, 0.1) is 11.6 Å². The first kappa shape index (κ1) is 23.8. The van der Waals surface area contributed by atoms with Crippen molar-refractivity contribution in [3.05, 3.63) is 59.2 Å². The molecular weight excluding hydrogens is 474 g/mol. The van der Waals surface area contributed by atoms with E-state index in [1.54, 1.807) is 12.1 Å². The monoisotopic (exact) mass is 498 g/mol. The van der Waals surface area contributed by atoms with E-state index in [-0.39, 0.29) is 49.2 Å². The number of benzene rings is 2. The van der Waals surface area contributed by atoms with Crippen LogP contribution in [0.1, 0.15) is 24.0 Å². The van der Waals surface area contributed by atoms with Crippen molar-refractivity contribution in [1.29, 1.82) is 0 Å². The summed E-state index contributed by atoms with van der Waals surface area (Å²) in [6, 6.07) is 7.37. The van der Waals surface area contributed by atoms with Crippen LogP contribution < -0.4 is 0 Å². The molecule has 1 aliphatic heterocycles. The molecule has 2 aliphatic rings. The number of rotatable bonds is 6. The van der Waals surface area contributed by atoms with Gasteiger partial charge in [0.15, 0.2) is 9.84 Å². The average Bonchev–Trinajstić information content (AvgIpc) is 3.25. The molecule has 0 radical (unpaired) electrons. The van der Waals surface area contributed by atoms with Crippen molar-refractivity contribution in [2.24, 2.45) is 0 Å². The molecule has 0 spiro atoms. The van der Waals surface area contributed by atoms with Crippen LogP contribution in [0.15, 0.2) is 46.2 Å². The van der Waals surface area contributed by atoms with E-state index in [2.05, 4.69) is 0 Å². The van der Waals surface area contributed by atoms with E-state index in [4.69, 9.17) is 0 Å². The van der Waals surface area contributed by atoms with Crippen LogP contribution in [0.5, 0.6) is 0 Å². The van der Waals surface area contributed by atoms with Crippen LogP contribution in [-0.4, -0.2) is 63.9 Å². The van der Waals surface area contributed by atoms with E-state index in [0.717, 1.165) is 41.3 Å². The van der Waals surface area contributed by atoms with E-state index in [9.17, 15) is 30.4 Å². The quantitative estimate of drug-likeness (QED) is 0.609. The first-order valence-electron chi connectivity index (χ1n) is 10.7. The van der Waals surface area contributed by atoms with Gasteiger partial charge in [-0.25, -0.2) is 25.6 Å². The van der Waals surface area contributed by atoms with Crippen LogP contribution >= 0.6 is 0 Å². The fourth-order valence-electron chi connectivity index (χ4n) is 4.24. The topological polar surface area (TPSA) is 91.8 Å². The normalized spacial score (nSPS) is 17.2. The predicted molar refractivity (Wildman–Crippen MR) is 117 cm³/mol. The molecule has 1 amide bonds. The molecule has 33 heavy (non-hydrogen) atoms. The minimum absolute atomic E-state index is 0.0553. The molecule has 4 rings (SSSR count). The third-order valence-electron chi connectivity index (χ3n) is 6.12. The SMILES string of the molecule is O=C(CCS(=O)(=O)c1ccc2c(c1)CCC2)N1CCN(S(=O)(=O)c2ccc(F)cc2F)CC1. The first-order valence-corrected chi connectivity index (χ1v) is 13.7. The van der Waals surface area contributed by atoms with Crippen molar-refractivity contribution in [2.75, 3.05) is 31.9 Å². The molecule has 1 heterocycles. The van der Waals surface area contributed by atoms with Gasteiger partial charge in [0, 0.05) is 38.7 Å². The van der Waals surface area contributed by atoms with Gasteiger partial charge >= 0.3 is 0 Å². The molecule has 0 saturated carbocycles. The second kappa shape index (κ2) is 9.11. The maximum absolute atomic E-state index is 14.0. The Hall–Kier alpha value is -2.37. The number of nitrogens with zero attached hydrogens (tertiary/aromatic N) is 2. The Kier molecular flexibility index (Phi) is 6.56. The highest BCUT2D eigenvalue weighted by Crippen LogP contribution is 2.26. The van der Waals surface area contributed by atoms with Gasteiger partial charge in [-0.1, -0.05) is 6.07 Å². The zero-order chi connectivity index (χ0) is 23.8. The number of piperazine rings is 1. The van der Waals surface area contributed by atoms with Gasteiger partial charge in [-0.05, 0) is 54.7 Å². The maximum Gasteiger partial charge on any atom is 0.246 e. The number of halogens is 2. The summed E-state index contributed by atoms with van der Waals surface area (Å²) in [5.74, 6) is -2.77. The van der Waals surface area contributed by atoms with Gasteiger partial charge in [0.2, 0.25) is 15.9 Å². The molecule has 0 bridgehead atoms. The summed E-state index contributed by atoms with van der Waals surface area (Å²) >= 11 is 0. The lowest BCUT2D eigenvalue weighted by molar-refractivity contribution is -0.131. The minimum atomic E-state index is -4.18. The number of aryl methyl sites for hydroxylation is 2. The molecule has 1 fully saturated rings. The van der Waals surface area contributed by atoms with Crippen LogP contribution in [0.25, 0.3) is 0 Å². The zero-order valence-corrected chi connectivity index (χ0v) is 19.5. The van der Waals surface area contributed by atoms with Crippen molar-refractivity contribution in [3.8, 4) is 0 Å². The summed E-state index contributed by atoms with van der Waals surface area (Å²) in [4.78, 5) is 13.6. The fourth-order valence-corrected chi connectivity index (χ4v) is 6.98. The highest BCUT2D eigenvalue weighted by molar-refractivity contribution is 7.91. The van der Waals surface area contributed by atoms with Crippen LogP contribution in [0.3, 0.4) is 0 Å². The lowest BCUT2D eigenvalue weighted by atomic mass is 10.1. The highest BCUT2D eigenvalue weighted by atomic mass is 32.2. The Morgan fingerprint density at radius 2 is 1.58 bits per heavy atom. The van der Waals surface area contributed by atoms with Crippen LogP contribution in [0.2, 0.25) is 0 Å². The number of amides is 1. The number of hydrogen-bond acceptors (Lipinski definition) is 5. The van der Waals surface area contributed by atoms with E-state index < -0.39 is 36.4 Å². The minimum Gasteiger partial charge on any atom is -0.340 e. The van der Waals surface area contributed by atoms with Gasteiger partial charge in [-0.2, -0.15) is 4.31 Å². The molecular formula is C22H24F2N2O5S2. The summed E-state index contributed by atoms with van der Waals surface area (Å²) in [6.45, 7) is -0.0233. The summed E-state index contributed by atoms with van der Waals surface area (Å²) in [5.41, 5.74) is 2.20. The number of hydrogen-bond donors (Lipinski definition) is 0. The second-order valence-corrected chi connectivity index (χ2v) is 12.2. The molecule has 1 aliphatic carbocycles. The number of carbonyl (C=O) groups is 1. The number of sulfone groups is 1. The van der Waals surface area contributed by atoms with E-state index in [0.29, 0.717) is 6.07 Å². The summed E-state index contributed by atoms with van der Waals surface area (Å²) < 4.78 is 78.8. The van der Waals surface area contributed by atoms with Gasteiger partial charge in [-0.3, -0.25) is 4.79 Å². The number of fused-ring (bicyclic) bond motifs is 1. The molecule has 11 heteroatoms. The van der Waals surface area contributed by atoms with Crippen LogP contribution in [0.4, 0.5) is 8.78 Å². The molecule has 0 aromatic heterocycles. The summed E-state index contributed by atoms with van der Waals surface area (Å²) in [5, 5.41) is 0. The van der Waals surface area contributed by atoms with Crippen molar-refractivity contribution < 1.29 is 30.4 Å². The Bertz CT molecular complexity index is 1290. The number of carbonyl (C=O) groups excluding carboxylic acids is 1. The molecule has 2 aromatic rings. The van der Waals surface area contributed by atoms with Gasteiger partial charge in [0.05, 0.1) is 10.6 Å². The van der Waals surface area contributed by atoms with Crippen molar-refractivity contribution in [2.45, 2.75) is 35.5 Å². The summed E-state index contributed by atoms with van der Waals surface area (Å²) in [6.07, 6.45) is 2.60. The molecule has 0 unspecified atom stereocenters. The van der Waals surface area contributed by atoms with E-state index in [1.165, 1.54) is 10.5 Å². The molecule has 2 aromatic carbocycles. The lowest BCUT2D eigenvalue weighted by Crippen LogP contribution is -2.50. The standard InChI is InChI=1S/C22H24F2N2O5S2/c23-18-5-7-21(20(24)15-18)33(30,31)26-11-9-25(10-12-26)22(27)8-13-32(28,29)19-6-4-16-2-1-3-17(16)14-19/h4-7,14-15H,1-3,8-13H2. The zero-order valence-electron chi connectivity index (χ0n) is 17.8. The van der Waals surface area contributed by atoms with E-state index in [1.807, 2.05) is 6.07 Å². The van der Waals surface area contributed by atoms with Crippen LogP contribution in [-0.2, 0) is 37.5 Å².